The highest BCUT2D eigenvalue weighted by Gasteiger charge is 2.49. The zero-order chi connectivity index (χ0) is 29.5. The number of pyridine rings is 1. The van der Waals surface area contributed by atoms with Crippen molar-refractivity contribution in [1.82, 2.24) is 4.98 Å². The van der Waals surface area contributed by atoms with Crippen molar-refractivity contribution < 1.29 is 0 Å². The van der Waals surface area contributed by atoms with E-state index < -0.39 is 0 Å². The van der Waals surface area contributed by atoms with Crippen LogP contribution < -0.4 is 0 Å². The monoisotopic (exact) mass is 569 g/mol. The summed E-state index contributed by atoms with van der Waals surface area (Å²) in [5.74, 6) is 0. The molecule has 2 aliphatic rings. The maximum absolute atomic E-state index is 4.41. The molecule has 0 amide bonds. The molecule has 1 nitrogen and oxygen atoms in total. The first kappa shape index (κ1) is 24.6. The number of rotatable bonds is 2. The lowest BCUT2D eigenvalue weighted by atomic mass is 9.61. The Morgan fingerprint density at radius 1 is 0.333 bits per heavy atom. The minimum Gasteiger partial charge on any atom is -0.264 e. The summed E-state index contributed by atoms with van der Waals surface area (Å²) in [6.07, 6.45) is 3.79. The molecule has 8 aromatic rings. The number of hydrogen-bond donors (Lipinski definition) is 0. The first-order valence-corrected chi connectivity index (χ1v) is 15.6. The largest absolute Gasteiger partial charge is 0.264 e. The third kappa shape index (κ3) is 3.15. The Bertz CT molecular complexity index is 2440. The number of nitrogens with zero attached hydrogens (tertiary/aromatic N) is 1. The van der Waals surface area contributed by atoms with Gasteiger partial charge in [0.05, 0.1) is 5.41 Å². The van der Waals surface area contributed by atoms with E-state index in [4.69, 9.17) is 0 Å². The van der Waals surface area contributed by atoms with Gasteiger partial charge in [-0.2, -0.15) is 0 Å². The number of hydrogen-bond acceptors (Lipinski definition) is 1. The highest BCUT2D eigenvalue weighted by Crippen LogP contribution is 2.62. The van der Waals surface area contributed by atoms with Crippen LogP contribution >= 0.6 is 0 Å². The van der Waals surface area contributed by atoms with Crippen LogP contribution in [0.1, 0.15) is 22.3 Å². The van der Waals surface area contributed by atoms with Crippen molar-refractivity contribution in [2.45, 2.75) is 5.41 Å². The smallest absolute Gasteiger partial charge is 0.0725 e. The van der Waals surface area contributed by atoms with Crippen LogP contribution in [0.4, 0.5) is 0 Å². The van der Waals surface area contributed by atoms with Gasteiger partial charge in [-0.25, -0.2) is 0 Å². The van der Waals surface area contributed by atoms with Crippen LogP contribution in [0.3, 0.4) is 0 Å². The molecule has 2 aliphatic carbocycles. The topological polar surface area (TPSA) is 12.9 Å². The van der Waals surface area contributed by atoms with Gasteiger partial charge in [0.25, 0.3) is 0 Å². The molecule has 1 aromatic heterocycles. The van der Waals surface area contributed by atoms with Gasteiger partial charge in [0.2, 0.25) is 0 Å². The molecule has 0 fully saturated rings. The summed E-state index contributed by atoms with van der Waals surface area (Å²) >= 11 is 0. The van der Waals surface area contributed by atoms with E-state index >= 15 is 0 Å². The Morgan fingerprint density at radius 3 is 1.47 bits per heavy atom. The maximum Gasteiger partial charge on any atom is 0.0725 e. The Kier molecular flexibility index (Phi) is 4.99. The third-order valence-electron chi connectivity index (χ3n) is 10.2. The Hall–Kier alpha value is -5.79. The molecule has 0 radical (unpaired) electrons. The molecule has 0 saturated carbocycles. The molecule has 7 aromatic carbocycles. The van der Waals surface area contributed by atoms with Crippen molar-refractivity contribution >= 4 is 21.5 Å². The number of aromatic nitrogens is 1. The van der Waals surface area contributed by atoms with Gasteiger partial charge in [-0.3, -0.25) is 4.98 Å². The molecule has 0 unspecified atom stereocenters. The van der Waals surface area contributed by atoms with Crippen LogP contribution in [-0.2, 0) is 5.41 Å². The van der Waals surface area contributed by atoms with Crippen molar-refractivity contribution in [3.63, 3.8) is 0 Å². The van der Waals surface area contributed by atoms with E-state index in [0.29, 0.717) is 0 Å². The third-order valence-corrected chi connectivity index (χ3v) is 10.2. The summed E-state index contributed by atoms with van der Waals surface area (Å²) in [6.45, 7) is 0. The second-order valence-corrected chi connectivity index (χ2v) is 12.2. The molecule has 208 valence electrons. The van der Waals surface area contributed by atoms with Gasteiger partial charge < -0.3 is 0 Å². The first-order chi connectivity index (χ1) is 22.4. The molecule has 0 saturated heterocycles. The molecule has 1 heteroatoms. The van der Waals surface area contributed by atoms with Crippen LogP contribution in [0.15, 0.2) is 164 Å². The van der Waals surface area contributed by atoms with Crippen molar-refractivity contribution in [3.05, 3.63) is 186 Å². The van der Waals surface area contributed by atoms with E-state index in [1.54, 1.807) is 0 Å². The van der Waals surface area contributed by atoms with Gasteiger partial charge in [-0.15, -0.1) is 0 Å². The molecule has 0 aliphatic heterocycles. The van der Waals surface area contributed by atoms with Gasteiger partial charge in [0.15, 0.2) is 0 Å². The van der Waals surface area contributed by atoms with Gasteiger partial charge in [0, 0.05) is 18.0 Å². The predicted octanol–water partition coefficient (Wildman–Crippen LogP) is 11.1. The average Bonchev–Trinajstić information content (AvgIpc) is 3.41. The van der Waals surface area contributed by atoms with E-state index in [9.17, 15) is 0 Å². The minimum atomic E-state index is -0.388. The van der Waals surface area contributed by atoms with E-state index in [1.807, 2.05) is 18.5 Å². The van der Waals surface area contributed by atoms with E-state index in [-0.39, 0.29) is 5.41 Å². The summed E-state index contributed by atoms with van der Waals surface area (Å²) in [6, 6.07) is 56.4. The van der Waals surface area contributed by atoms with Gasteiger partial charge in [0.1, 0.15) is 0 Å². The van der Waals surface area contributed by atoms with Crippen LogP contribution in [0.25, 0.3) is 66.1 Å². The van der Waals surface area contributed by atoms with E-state index in [1.165, 1.54) is 82.7 Å². The minimum absolute atomic E-state index is 0.388. The fourth-order valence-corrected chi connectivity index (χ4v) is 8.49. The quantitative estimate of drug-likeness (QED) is 0.202. The lowest BCUT2D eigenvalue weighted by molar-refractivity contribution is 0.773. The normalized spacial score (nSPS) is 13.5. The lowest BCUT2D eigenvalue weighted by Crippen LogP contribution is -2.31. The fraction of sp³-hybridized carbons (Fsp3) is 0.0227. The van der Waals surface area contributed by atoms with Crippen LogP contribution in [0, 0.1) is 0 Å². The van der Waals surface area contributed by atoms with E-state index in [0.717, 1.165) is 5.56 Å². The number of fused-ring (bicyclic) bond motifs is 10. The lowest BCUT2D eigenvalue weighted by Gasteiger charge is -2.40. The zero-order valence-electron chi connectivity index (χ0n) is 24.5. The average molecular weight is 570 g/mol. The first-order valence-electron chi connectivity index (χ1n) is 15.6. The summed E-state index contributed by atoms with van der Waals surface area (Å²) in [4.78, 5) is 4.41. The van der Waals surface area contributed by atoms with Crippen LogP contribution in [0.5, 0.6) is 0 Å². The molecular weight excluding hydrogens is 542 g/mol. The zero-order valence-corrected chi connectivity index (χ0v) is 24.5. The highest BCUT2D eigenvalue weighted by molar-refractivity contribution is 6.15. The number of benzene rings is 7. The Morgan fingerprint density at radius 2 is 0.822 bits per heavy atom. The second-order valence-electron chi connectivity index (χ2n) is 12.2. The fourth-order valence-electron chi connectivity index (χ4n) is 8.49. The Labute approximate surface area is 262 Å². The Balaban J connectivity index is 1.33. The van der Waals surface area contributed by atoms with Gasteiger partial charge in [-0.1, -0.05) is 146 Å². The molecule has 0 atom stereocenters. The molecule has 10 rings (SSSR count). The van der Waals surface area contributed by atoms with Crippen molar-refractivity contribution in [3.8, 4) is 44.5 Å². The summed E-state index contributed by atoms with van der Waals surface area (Å²) in [5.41, 5.74) is 15.2. The summed E-state index contributed by atoms with van der Waals surface area (Å²) < 4.78 is 0. The van der Waals surface area contributed by atoms with Crippen molar-refractivity contribution in [1.29, 1.82) is 0 Å². The van der Waals surface area contributed by atoms with Crippen molar-refractivity contribution in [2.24, 2.45) is 0 Å². The van der Waals surface area contributed by atoms with Gasteiger partial charge in [-0.05, 0) is 88.8 Å². The maximum atomic E-state index is 4.41. The van der Waals surface area contributed by atoms with E-state index in [2.05, 4.69) is 151 Å². The molecule has 0 N–H and O–H groups in total. The summed E-state index contributed by atoms with van der Waals surface area (Å²) in [5, 5.41) is 5.13. The van der Waals surface area contributed by atoms with Crippen LogP contribution in [-0.4, -0.2) is 4.98 Å². The highest BCUT2D eigenvalue weighted by atomic mass is 14.6. The molecule has 0 bridgehead atoms. The molecular formula is C44H27N. The van der Waals surface area contributed by atoms with Crippen LogP contribution in [0.2, 0.25) is 0 Å². The SMILES string of the molecule is c1cncc(-c2ccc(-c3ccc4c5c(cccc35)C3(c5ccccc5-c5ccccc53)c3ccccc3-4)c3ccccc23)c1. The molecule has 1 heterocycles. The van der Waals surface area contributed by atoms with Crippen molar-refractivity contribution in [2.75, 3.05) is 0 Å². The molecule has 45 heavy (non-hydrogen) atoms. The predicted molar refractivity (Wildman–Crippen MR) is 186 cm³/mol. The second kappa shape index (κ2) is 9.11. The van der Waals surface area contributed by atoms with Gasteiger partial charge >= 0.3 is 0 Å². The standard InChI is InChI=1S/C44H27N/c1-2-13-31-30(12-1)29(28-11-10-26-45-27-28)22-23-32(31)33-24-25-38-36-16-5-8-20-41(36)44(42-21-9-17-37(33)43(38)42)39-18-6-3-14-34(39)35-15-4-7-19-40(35)44/h1-27H. The summed E-state index contributed by atoms with van der Waals surface area (Å²) in [7, 11) is 0. The molecule has 1 spiro atoms.